The number of aliphatic hydroxyl groups is 2. The molecule has 28 heavy (non-hydrogen) atoms. The first-order chi connectivity index (χ1) is 13.7. The average molecular weight is 382 g/mol. The Morgan fingerprint density at radius 2 is 1.71 bits per heavy atom. The maximum absolute atomic E-state index is 12.8. The molecule has 4 nitrogen and oxygen atoms in total. The molecule has 0 saturated heterocycles. The van der Waals surface area contributed by atoms with Gasteiger partial charge in [-0.15, -0.1) is 0 Å². The second-order valence-corrected chi connectivity index (χ2v) is 7.91. The number of carbonyl (C=O) groups excluding carboxylic acids is 1. The van der Waals surface area contributed by atoms with Crippen molar-refractivity contribution < 1.29 is 15.0 Å². The minimum absolute atomic E-state index is 0.0356. The van der Waals surface area contributed by atoms with Crippen molar-refractivity contribution in [3.8, 4) is 0 Å². The maximum atomic E-state index is 12.8. The maximum Gasteiger partial charge on any atom is 0.223 e. The number of nitrogens with one attached hydrogen (secondary N) is 1. The molecule has 0 aromatic heterocycles. The Kier molecular flexibility index (Phi) is 7.63. The summed E-state index contributed by atoms with van der Waals surface area (Å²) in [4.78, 5) is 12.8. The molecule has 0 unspecified atom stereocenters. The van der Waals surface area contributed by atoms with E-state index in [0.29, 0.717) is 11.5 Å². The SMILES string of the molecule is O=C(N[C@H](CO)[C@H](O)c1ccccc1)[C@@H]1CCC[C@H](CCc2ccccc2)C1. The molecule has 150 valence electrons. The third kappa shape index (κ3) is 5.66. The van der Waals surface area contributed by atoms with E-state index in [9.17, 15) is 15.0 Å². The van der Waals surface area contributed by atoms with Gasteiger partial charge < -0.3 is 15.5 Å². The Labute approximate surface area is 167 Å². The van der Waals surface area contributed by atoms with Crippen LogP contribution in [0.4, 0.5) is 0 Å². The highest BCUT2D eigenvalue weighted by Gasteiger charge is 2.30. The summed E-state index contributed by atoms with van der Waals surface area (Å²) in [6.07, 6.45) is 5.24. The third-order valence-electron chi connectivity index (χ3n) is 5.88. The zero-order valence-electron chi connectivity index (χ0n) is 16.3. The molecule has 1 aliphatic rings. The summed E-state index contributed by atoms with van der Waals surface area (Å²) in [5.74, 6) is 0.473. The Balaban J connectivity index is 1.52. The molecule has 0 radical (unpaired) electrons. The van der Waals surface area contributed by atoms with Crippen molar-refractivity contribution in [2.75, 3.05) is 6.61 Å². The number of benzene rings is 2. The van der Waals surface area contributed by atoms with Crippen LogP contribution in [0, 0.1) is 11.8 Å². The molecule has 1 aliphatic carbocycles. The van der Waals surface area contributed by atoms with Gasteiger partial charge >= 0.3 is 0 Å². The van der Waals surface area contributed by atoms with Crippen LogP contribution in [-0.4, -0.2) is 28.8 Å². The Morgan fingerprint density at radius 1 is 1.04 bits per heavy atom. The molecule has 4 heteroatoms. The topological polar surface area (TPSA) is 69.6 Å². The normalized spacial score (nSPS) is 21.6. The highest BCUT2D eigenvalue weighted by Crippen LogP contribution is 2.32. The van der Waals surface area contributed by atoms with Crippen molar-refractivity contribution >= 4 is 5.91 Å². The molecule has 0 heterocycles. The second-order valence-electron chi connectivity index (χ2n) is 7.91. The second kappa shape index (κ2) is 10.4. The Bertz CT molecular complexity index is 719. The Hall–Kier alpha value is -2.17. The molecule has 3 rings (SSSR count). The lowest BCUT2D eigenvalue weighted by Gasteiger charge is -2.30. The number of rotatable bonds is 8. The van der Waals surface area contributed by atoms with Crippen LogP contribution in [0.1, 0.15) is 49.3 Å². The molecular formula is C24H31NO3. The van der Waals surface area contributed by atoms with Crippen LogP contribution in [0.25, 0.3) is 0 Å². The molecular weight excluding hydrogens is 350 g/mol. The van der Waals surface area contributed by atoms with Gasteiger partial charge in [-0.05, 0) is 42.7 Å². The van der Waals surface area contributed by atoms with Gasteiger partial charge in [-0.2, -0.15) is 0 Å². The van der Waals surface area contributed by atoms with E-state index < -0.39 is 12.1 Å². The van der Waals surface area contributed by atoms with E-state index >= 15 is 0 Å². The molecule has 1 amide bonds. The van der Waals surface area contributed by atoms with E-state index in [1.807, 2.05) is 24.3 Å². The van der Waals surface area contributed by atoms with E-state index in [1.54, 1.807) is 12.1 Å². The quantitative estimate of drug-likeness (QED) is 0.654. The van der Waals surface area contributed by atoms with Crippen molar-refractivity contribution in [1.29, 1.82) is 0 Å². The van der Waals surface area contributed by atoms with Crippen molar-refractivity contribution in [3.05, 3.63) is 71.8 Å². The number of aliphatic hydroxyl groups excluding tert-OH is 2. The number of carbonyl (C=O) groups is 1. The minimum atomic E-state index is -0.910. The number of aryl methyl sites for hydroxylation is 1. The van der Waals surface area contributed by atoms with Crippen LogP contribution in [0.2, 0.25) is 0 Å². The minimum Gasteiger partial charge on any atom is -0.394 e. The smallest absolute Gasteiger partial charge is 0.223 e. The molecule has 4 atom stereocenters. The van der Waals surface area contributed by atoms with Gasteiger partial charge in [0, 0.05) is 5.92 Å². The van der Waals surface area contributed by atoms with Crippen molar-refractivity contribution in [3.63, 3.8) is 0 Å². The van der Waals surface area contributed by atoms with Gasteiger partial charge in [0.25, 0.3) is 0 Å². The summed E-state index contributed by atoms with van der Waals surface area (Å²) in [5, 5.41) is 23.1. The highest BCUT2D eigenvalue weighted by molar-refractivity contribution is 5.79. The first kappa shape index (κ1) is 20.6. The van der Waals surface area contributed by atoms with Crippen molar-refractivity contribution in [2.24, 2.45) is 11.8 Å². The fraction of sp³-hybridized carbons (Fsp3) is 0.458. The molecule has 1 saturated carbocycles. The molecule has 0 spiro atoms. The van der Waals surface area contributed by atoms with Gasteiger partial charge in [-0.3, -0.25) is 4.79 Å². The van der Waals surface area contributed by atoms with Gasteiger partial charge in [0.1, 0.15) is 6.10 Å². The molecule has 0 aliphatic heterocycles. The lowest BCUT2D eigenvalue weighted by molar-refractivity contribution is -0.128. The van der Waals surface area contributed by atoms with Gasteiger partial charge in [-0.25, -0.2) is 0 Å². The largest absolute Gasteiger partial charge is 0.394 e. The van der Waals surface area contributed by atoms with Crippen LogP contribution >= 0.6 is 0 Å². The number of hydrogen-bond acceptors (Lipinski definition) is 3. The van der Waals surface area contributed by atoms with Crippen LogP contribution in [0.15, 0.2) is 60.7 Å². The average Bonchev–Trinajstić information content (AvgIpc) is 2.77. The van der Waals surface area contributed by atoms with Gasteiger partial charge in [-0.1, -0.05) is 73.5 Å². The predicted octanol–water partition coefficient (Wildman–Crippen LogP) is 3.64. The third-order valence-corrected chi connectivity index (χ3v) is 5.88. The monoisotopic (exact) mass is 381 g/mol. The lowest BCUT2D eigenvalue weighted by Crippen LogP contribution is -2.45. The molecule has 2 aromatic carbocycles. The summed E-state index contributed by atoms with van der Waals surface area (Å²) in [6, 6.07) is 19.0. The first-order valence-corrected chi connectivity index (χ1v) is 10.4. The summed E-state index contributed by atoms with van der Waals surface area (Å²) >= 11 is 0. The van der Waals surface area contributed by atoms with Crippen LogP contribution in [0.3, 0.4) is 0 Å². The van der Waals surface area contributed by atoms with Crippen molar-refractivity contribution in [1.82, 2.24) is 5.32 Å². The van der Waals surface area contributed by atoms with E-state index in [1.165, 1.54) is 12.0 Å². The summed E-state index contributed by atoms with van der Waals surface area (Å²) < 4.78 is 0. The van der Waals surface area contributed by atoms with Gasteiger partial charge in [0.15, 0.2) is 0 Å². The summed E-state index contributed by atoms with van der Waals surface area (Å²) in [7, 11) is 0. The Morgan fingerprint density at radius 3 is 2.39 bits per heavy atom. The van der Waals surface area contributed by atoms with Gasteiger partial charge in [0.2, 0.25) is 5.91 Å². The van der Waals surface area contributed by atoms with Crippen LogP contribution in [-0.2, 0) is 11.2 Å². The highest BCUT2D eigenvalue weighted by atomic mass is 16.3. The number of amides is 1. The summed E-state index contributed by atoms with van der Waals surface area (Å²) in [6.45, 7) is -0.286. The summed E-state index contributed by atoms with van der Waals surface area (Å²) in [5.41, 5.74) is 2.05. The first-order valence-electron chi connectivity index (χ1n) is 10.4. The fourth-order valence-electron chi connectivity index (χ4n) is 4.21. The zero-order valence-corrected chi connectivity index (χ0v) is 16.3. The zero-order chi connectivity index (χ0) is 19.8. The van der Waals surface area contributed by atoms with E-state index in [0.717, 1.165) is 32.1 Å². The van der Waals surface area contributed by atoms with Gasteiger partial charge in [0.05, 0.1) is 12.6 Å². The molecule has 3 N–H and O–H groups in total. The van der Waals surface area contributed by atoms with Crippen LogP contribution < -0.4 is 5.32 Å². The fourth-order valence-corrected chi connectivity index (χ4v) is 4.21. The lowest BCUT2D eigenvalue weighted by atomic mass is 9.78. The van der Waals surface area contributed by atoms with Crippen molar-refractivity contribution in [2.45, 2.75) is 50.7 Å². The van der Waals surface area contributed by atoms with E-state index in [-0.39, 0.29) is 18.4 Å². The van der Waals surface area contributed by atoms with E-state index in [4.69, 9.17) is 0 Å². The van der Waals surface area contributed by atoms with E-state index in [2.05, 4.69) is 29.6 Å². The predicted molar refractivity (Wildman–Crippen MR) is 111 cm³/mol. The van der Waals surface area contributed by atoms with Crippen LogP contribution in [0.5, 0.6) is 0 Å². The standard InChI is InChI=1S/C24H31NO3/c26-17-22(23(27)20-11-5-2-6-12-20)25-24(28)21-13-7-10-19(16-21)15-14-18-8-3-1-4-9-18/h1-6,8-9,11-12,19,21-23,26-27H,7,10,13-17H2,(H,25,28)/t19-,21-,22-,23-/m1/s1. The molecule has 2 aromatic rings. The number of hydrogen-bond donors (Lipinski definition) is 3. The molecule has 0 bridgehead atoms. The molecule has 1 fully saturated rings.